The predicted octanol–water partition coefficient (Wildman–Crippen LogP) is 2.72. The molecule has 76 valence electrons. The zero-order chi connectivity index (χ0) is 10.8. The van der Waals surface area contributed by atoms with Crippen molar-refractivity contribution in [2.45, 2.75) is 0 Å². The summed E-state index contributed by atoms with van der Waals surface area (Å²) < 4.78 is 0.660. The Morgan fingerprint density at radius 2 is 1.93 bits per heavy atom. The van der Waals surface area contributed by atoms with Crippen molar-refractivity contribution in [3.05, 3.63) is 46.4 Å². The van der Waals surface area contributed by atoms with Gasteiger partial charge in [0.15, 0.2) is 0 Å². The van der Waals surface area contributed by atoms with Gasteiger partial charge in [0.2, 0.25) is 0 Å². The van der Waals surface area contributed by atoms with Gasteiger partial charge >= 0.3 is 0 Å². The molecule has 3 nitrogen and oxygen atoms in total. The molecule has 0 heterocycles. The van der Waals surface area contributed by atoms with Crippen molar-refractivity contribution in [3.8, 4) is 0 Å². The number of hydrogen-bond acceptors (Lipinski definition) is 2. The first-order chi connectivity index (χ1) is 7.24. The molecule has 0 aromatic heterocycles. The van der Waals surface area contributed by atoms with Crippen LogP contribution < -0.4 is 5.48 Å². The fraction of sp³-hybridized carbons (Fsp3) is 0. The topological polar surface area (TPSA) is 49.3 Å². The SMILES string of the molecule is O=C(NO)c1c(Br)ccc2ccccc12. The van der Waals surface area contributed by atoms with E-state index >= 15 is 0 Å². The van der Waals surface area contributed by atoms with Crippen molar-refractivity contribution in [1.82, 2.24) is 5.48 Å². The Bertz CT molecular complexity index is 525. The largest absolute Gasteiger partial charge is 0.288 e. The Hall–Kier alpha value is -1.39. The number of fused-ring (bicyclic) bond motifs is 1. The van der Waals surface area contributed by atoms with E-state index in [0.29, 0.717) is 10.0 Å². The maximum absolute atomic E-state index is 11.5. The first kappa shape index (κ1) is 10.1. The summed E-state index contributed by atoms with van der Waals surface area (Å²) in [7, 11) is 0. The molecule has 15 heavy (non-hydrogen) atoms. The third-order valence-corrected chi connectivity index (χ3v) is 2.87. The number of hydrogen-bond donors (Lipinski definition) is 2. The lowest BCUT2D eigenvalue weighted by molar-refractivity contribution is 0.0707. The molecule has 0 spiro atoms. The molecule has 2 aromatic rings. The normalized spacial score (nSPS) is 10.3. The summed E-state index contributed by atoms with van der Waals surface area (Å²) in [6, 6.07) is 11.2. The van der Waals surface area contributed by atoms with Gasteiger partial charge in [-0.1, -0.05) is 30.3 Å². The first-order valence-electron chi connectivity index (χ1n) is 4.35. The van der Waals surface area contributed by atoms with Crippen LogP contribution in [-0.4, -0.2) is 11.1 Å². The summed E-state index contributed by atoms with van der Waals surface area (Å²) in [5.74, 6) is -0.515. The molecule has 0 aliphatic heterocycles. The molecule has 0 aliphatic carbocycles. The summed E-state index contributed by atoms with van der Waals surface area (Å²) >= 11 is 3.29. The van der Waals surface area contributed by atoms with E-state index in [2.05, 4.69) is 15.9 Å². The van der Waals surface area contributed by atoms with E-state index in [1.165, 1.54) is 0 Å². The lowest BCUT2D eigenvalue weighted by Gasteiger charge is -2.06. The monoisotopic (exact) mass is 265 g/mol. The van der Waals surface area contributed by atoms with Gasteiger partial charge in [-0.25, -0.2) is 5.48 Å². The summed E-state index contributed by atoms with van der Waals surface area (Å²) in [6.07, 6.45) is 0. The van der Waals surface area contributed by atoms with Crippen LogP contribution in [0.5, 0.6) is 0 Å². The molecule has 2 rings (SSSR count). The van der Waals surface area contributed by atoms with Crippen LogP contribution in [-0.2, 0) is 0 Å². The molecule has 0 saturated carbocycles. The van der Waals surface area contributed by atoms with Crippen LogP contribution in [0.1, 0.15) is 10.4 Å². The van der Waals surface area contributed by atoms with Gasteiger partial charge in [-0.05, 0) is 32.8 Å². The Kier molecular flexibility index (Phi) is 2.70. The Labute approximate surface area is 94.8 Å². The molecular weight excluding hydrogens is 258 g/mol. The summed E-state index contributed by atoms with van der Waals surface area (Å²) in [5.41, 5.74) is 2.09. The highest BCUT2D eigenvalue weighted by atomic mass is 79.9. The van der Waals surface area contributed by atoms with E-state index in [1.807, 2.05) is 30.3 Å². The van der Waals surface area contributed by atoms with Gasteiger partial charge in [-0.15, -0.1) is 0 Å². The third kappa shape index (κ3) is 1.73. The number of nitrogens with one attached hydrogen (secondary N) is 1. The van der Waals surface area contributed by atoms with E-state index in [1.54, 1.807) is 11.5 Å². The highest BCUT2D eigenvalue weighted by Crippen LogP contribution is 2.26. The Balaban J connectivity index is 2.79. The van der Waals surface area contributed by atoms with Crippen molar-refractivity contribution in [2.75, 3.05) is 0 Å². The number of amides is 1. The molecule has 4 heteroatoms. The van der Waals surface area contributed by atoms with Crippen molar-refractivity contribution < 1.29 is 10.0 Å². The zero-order valence-corrected chi connectivity index (χ0v) is 9.28. The molecule has 0 bridgehead atoms. The van der Waals surface area contributed by atoms with E-state index in [-0.39, 0.29) is 0 Å². The van der Waals surface area contributed by atoms with Crippen LogP contribution in [0.15, 0.2) is 40.9 Å². The fourth-order valence-electron chi connectivity index (χ4n) is 1.53. The molecule has 2 N–H and O–H groups in total. The number of carbonyl (C=O) groups is 1. The van der Waals surface area contributed by atoms with Gasteiger partial charge in [0.1, 0.15) is 0 Å². The predicted molar refractivity (Wildman–Crippen MR) is 60.9 cm³/mol. The molecule has 0 unspecified atom stereocenters. The molecule has 1 amide bonds. The standard InChI is InChI=1S/C11H8BrNO2/c12-9-6-5-7-3-1-2-4-8(7)10(9)11(14)13-15/h1-6,15H,(H,13,14). The number of benzene rings is 2. The average molecular weight is 266 g/mol. The maximum atomic E-state index is 11.5. The molecule has 0 radical (unpaired) electrons. The highest BCUT2D eigenvalue weighted by Gasteiger charge is 2.12. The first-order valence-corrected chi connectivity index (χ1v) is 5.15. The lowest BCUT2D eigenvalue weighted by atomic mass is 10.0. The van der Waals surface area contributed by atoms with E-state index in [9.17, 15) is 4.79 Å². The van der Waals surface area contributed by atoms with Gasteiger partial charge < -0.3 is 0 Å². The number of rotatable bonds is 1. The Morgan fingerprint density at radius 3 is 2.67 bits per heavy atom. The number of halogens is 1. The highest BCUT2D eigenvalue weighted by molar-refractivity contribution is 9.10. The van der Waals surface area contributed by atoms with Crippen molar-refractivity contribution in [2.24, 2.45) is 0 Å². The average Bonchev–Trinajstić information content (AvgIpc) is 2.28. The third-order valence-electron chi connectivity index (χ3n) is 2.21. The second-order valence-electron chi connectivity index (χ2n) is 3.08. The Morgan fingerprint density at radius 1 is 1.20 bits per heavy atom. The minimum absolute atomic E-state index is 0.440. The molecular formula is C11H8BrNO2. The van der Waals surface area contributed by atoms with E-state index in [0.717, 1.165) is 10.8 Å². The molecule has 2 aromatic carbocycles. The van der Waals surface area contributed by atoms with Gasteiger partial charge in [0.05, 0.1) is 5.56 Å². The molecule has 0 saturated heterocycles. The second kappa shape index (κ2) is 4.00. The van der Waals surface area contributed by atoms with Gasteiger partial charge in [-0.2, -0.15) is 0 Å². The van der Waals surface area contributed by atoms with Crippen LogP contribution >= 0.6 is 15.9 Å². The van der Waals surface area contributed by atoms with Gasteiger partial charge in [-0.3, -0.25) is 10.0 Å². The van der Waals surface area contributed by atoms with Crippen LogP contribution in [0.25, 0.3) is 10.8 Å². The minimum atomic E-state index is -0.515. The van der Waals surface area contributed by atoms with Crippen LogP contribution in [0, 0.1) is 0 Å². The molecule has 0 atom stereocenters. The fourth-order valence-corrected chi connectivity index (χ4v) is 2.06. The second-order valence-corrected chi connectivity index (χ2v) is 3.94. The minimum Gasteiger partial charge on any atom is -0.288 e. The van der Waals surface area contributed by atoms with E-state index in [4.69, 9.17) is 5.21 Å². The quantitative estimate of drug-likeness (QED) is 0.616. The van der Waals surface area contributed by atoms with Gasteiger partial charge in [0.25, 0.3) is 5.91 Å². The smallest absolute Gasteiger partial charge is 0.276 e. The summed E-state index contributed by atoms with van der Waals surface area (Å²) in [6.45, 7) is 0. The summed E-state index contributed by atoms with van der Waals surface area (Å²) in [5, 5.41) is 10.4. The maximum Gasteiger partial charge on any atom is 0.276 e. The molecule has 0 aliphatic rings. The van der Waals surface area contributed by atoms with Crippen molar-refractivity contribution in [3.63, 3.8) is 0 Å². The van der Waals surface area contributed by atoms with Crippen LogP contribution in [0.2, 0.25) is 0 Å². The van der Waals surface area contributed by atoms with Crippen LogP contribution in [0.3, 0.4) is 0 Å². The summed E-state index contributed by atoms with van der Waals surface area (Å²) in [4.78, 5) is 11.5. The number of carbonyl (C=O) groups excluding carboxylic acids is 1. The zero-order valence-electron chi connectivity index (χ0n) is 7.70. The van der Waals surface area contributed by atoms with Crippen molar-refractivity contribution in [1.29, 1.82) is 0 Å². The lowest BCUT2D eigenvalue weighted by Crippen LogP contribution is -2.19. The van der Waals surface area contributed by atoms with E-state index < -0.39 is 5.91 Å². The van der Waals surface area contributed by atoms with Gasteiger partial charge in [0, 0.05) is 4.47 Å². The van der Waals surface area contributed by atoms with Crippen molar-refractivity contribution >= 4 is 32.6 Å². The van der Waals surface area contributed by atoms with Crippen LogP contribution in [0.4, 0.5) is 0 Å². The molecule has 0 fully saturated rings. The number of hydroxylamine groups is 1.